The van der Waals surface area contributed by atoms with E-state index >= 15 is 0 Å². The van der Waals surface area contributed by atoms with Gasteiger partial charge in [-0.25, -0.2) is 4.98 Å². The lowest BCUT2D eigenvalue weighted by molar-refractivity contribution is 0.0993. The smallest absolute Gasteiger partial charge is 0.265 e. The number of aromatic amines is 1. The molecule has 128 valence electrons. The van der Waals surface area contributed by atoms with Gasteiger partial charge in [0.05, 0.1) is 18.4 Å². The van der Waals surface area contributed by atoms with Gasteiger partial charge in [0.1, 0.15) is 11.4 Å². The molecule has 1 aromatic carbocycles. The van der Waals surface area contributed by atoms with Crippen LogP contribution in [-0.2, 0) is 0 Å². The molecular weight excluding hydrogens is 364 g/mol. The average Bonchev–Trinajstić information content (AvgIpc) is 3.23. The number of benzene rings is 1. The molecule has 0 aliphatic carbocycles. The molecule has 9 heteroatoms. The maximum absolute atomic E-state index is 12.4. The Morgan fingerprint density at radius 1 is 1.36 bits per heavy atom. The highest BCUT2D eigenvalue weighted by Crippen LogP contribution is 2.28. The largest absolute Gasteiger partial charge is 0.496 e. The van der Waals surface area contributed by atoms with Crippen molar-refractivity contribution in [3.8, 4) is 17.0 Å². The van der Waals surface area contributed by atoms with Gasteiger partial charge in [0.2, 0.25) is 0 Å². The van der Waals surface area contributed by atoms with Gasteiger partial charge in [0.25, 0.3) is 11.8 Å². The fourth-order valence-electron chi connectivity index (χ4n) is 2.17. The number of H-pyrrole nitrogens is 1. The summed E-state index contributed by atoms with van der Waals surface area (Å²) in [6.07, 6.45) is 1.63. The number of carbonyl (C=O) groups excluding carboxylic acids is 2. The number of anilines is 1. The Kier molecular flexibility index (Phi) is 4.73. The molecule has 0 radical (unpaired) electrons. The van der Waals surface area contributed by atoms with Crippen LogP contribution < -0.4 is 15.8 Å². The van der Waals surface area contributed by atoms with Gasteiger partial charge in [-0.2, -0.15) is 0 Å². The second kappa shape index (κ2) is 6.96. The van der Waals surface area contributed by atoms with Gasteiger partial charge in [0, 0.05) is 22.2 Å². The molecule has 25 heavy (non-hydrogen) atoms. The Bertz CT molecular complexity index is 951. The molecule has 0 aliphatic rings. The van der Waals surface area contributed by atoms with E-state index in [-0.39, 0.29) is 5.91 Å². The van der Waals surface area contributed by atoms with Crippen LogP contribution in [0.2, 0.25) is 5.02 Å². The van der Waals surface area contributed by atoms with E-state index in [9.17, 15) is 9.59 Å². The Labute approximate surface area is 151 Å². The van der Waals surface area contributed by atoms with Crippen molar-refractivity contribution in [3.05, 3.63) is 52.1 Å². The summed E-state index contributed by atoms with van der Waals surface area (Å²) >= 11 is 7.16. The number of rotatable bonds is 5. The van der Waals surface area contributed by atoms with E-state index in [2.05, 4.69) is 15.3 Å². The van der Waals surface area contributed by atoms with Crippen molar-refractivity contribution in [3.63, 3.8) is 0 Å². The lowest BCUT2D eigenvalue weighted by Crippen LogP contribution is -2.13. The second-order valence-electron chi connectivity index (χ2n) is 5.00. The third kappa shape index (κ3) is 3.65. The number of nitrogens with two attached hydrogens (primary N) is 1. The fourth-order valence-corrected chi connectivity index (χ4v) is 3.04. The summed E-state index contributed by atoms with van der Waals surface area (Å²) in [5, 5.41) is 5.37. The molecule has 0 unspecified atom stereocenters. The number of nitrogens with one attached hydrogen (secondary N) is 2. The third-order valence-corrected chi connectivity index (χ3v) is 4.37. The van der Waals surface area contributed by atoms with Crippen molar-refractivity contribution >= 4 is 39.9 Å². The first-order chi connectivity index (χ1) is 12.0. The van der Waals surface area contributed by atoms with Gasteiger partial charge in [-0.1, -0.05) is 11.6 Å². The van der Waals surface area contributed by atoms with Crippen molar-refractivity contribution in [2.45, 2.75) is 0 Å². The molecule has 0 aliphatic heterocycles. The molecule has 3 aromatic rings. The van der Waals surface area contributed by atoms with Crippen molar-refractivity contribution in [2.75, 3.05) is 12.4 Å². The molecule has 0 spiro atoms. The summed E-state index contributed by atoms with van der Waals surface area (Å²) in [6.45, 7) is 0. The van der Waals surface area contributed by atoms with E-state index < -0.39 is 5.91 Å². The topological polar surface area (TPSA) is 110 Å². The molecule has 2 heterocycles. The summed E-state index contributed by atoms with van der Waals surface area (Å²) in [5.74, 6) is -0.537. The number of carbonyl (C=O) groups is 2. The monoisotopic (exact) mass is 376 g/mol. The number of ether oxygens (including phenoxy) is 1. The first-order valence-corrected chi connectivity index (χ1v) is 8.32. The van der Waals surface area contributed by atoms with Crippen molar-refractivity contribution in [1.29, 1.82) is 0 Å². The first kappa shape index (κ1) is 17.0. The van der Waals surface area contributed by atoms with E-state index in [1.54, 1.807) is 35.8 Å². The zero-order chi connectivity index (χ0) is 18.0. The number of aromatic nitrogens is 2. The summed E-state index contributed by atoms with van der Waals surface area (Å²) in [6, 6.07) is 6.36. The summed E-state index contributed by atoms with van der Waals surface area (Å²) in [7, 11) is 1.46. The highest BCUT2D eigenvalue weighted by molar-refractivity contribution is 7.14. The van der Waals surface area contributed by atoms with Crippen LogP contribution >= 0.6 is 22.9 Å². The Balaban J connectivity index is 1.79. The minimum absolute atomic E-state index is 0.291. The zero-order valence-corrected chi connectivity index (χ0v) is 14.6. The molecule has 0 atom stereocenters. The Morgan fingerprint density at radius 3 is 2.84 bits per heavy atom. The van der Waals surface area contributed by atoms with E-state index in [0.29, 0.717) is 38.4 Å². The van der Waals surface area contributed by atoms with Crippen LogP contribution in [0.3, 0.4) is 0 Å². The summed E-state index contributed by atoms with van der Waals surface area (Å²) in [4.78, 5) is 30.7. The number of halogens is 1. The van der Waals surface area contributed by atoms with Crippen LogP contribution in [0.4, 0.5) is 5.13 Å². The molecule has 2 aromatic heterocycles. The van der Waals surface area contributed by atoms with Crippen molar-refractivity contribution in [2.24, 2.45) is 5.73 Å². The fraction of sp³-hybridized carbons (Fsp3) is 0.0625. The normalized spacial score (nSPS) is 10.5. The van der Waals surface area contributed by atoms with Gasteiger partial charge in [-0.15, -0.1) is 11.3 Å². The molecular formula is C16H13ClN4O3S. The quantitative estimate of drug-likeness (QED) is 0.635. The van der Waals surface area contributed by atoms with Crippen LogP contribution in [0.25, 0.3) is 11.3 Å². The molecule has 7 nitrogen and oxygen atoms in total. The first-order valence-electron chi connectivity index (χ1n) is 7.07. The van der Waals surface area contributed by atoms with Crippen molar-refractivity contribution in [1.82, 2.24) is 9.97 Å². The van der Waals surface area contributed by atoms with E-state index in [1.807, 2.05) is 0 Å². The van der Waals surface area contributed by atoms with Crippen LogP contribution in [0, 0.1) is 0 Å². The number of hydrogen-bond donors (Lipinski definition) is 3. The standard InChI is InChI=1S/C16H13ClN4O3S/c1-24-13-5-9(17)2-3-10(13)15(23)21-16-20-12(7-25-16)8-4-11(14(18)22)19-6-8/h2-7,19H,1H3,(H2,18,22)(H,20,21,23). The van der Waals surface area contributed by atoms with Crippen LogP contribution in [0.5, 0.6) is 5.75 Å². The highest BCUT2D eigenvalue weighted by Gasteiger charge is 2.15. The van der Waals surface area contributed by atoms with Crippen molar-refractivity contribution < 1.29 is 14.3 Å². The van der Waals surface area contributed by atoms with Gasteiger partial charge in [0.15, 0.2) is 5.13 Å². The predicted octanol–water partition coefficient (Wildman–Crippen LogP) is 3.15. The second-order valence-corrected chi connectivity index (χ2v) is 6.30. The zero-order valence-electron chi connectivity index (χ0n) is 13.0. The molecule has 0 saturated heterocycles. The molecule has 0 saturated carbocycles. The molecule has 4 N–H and O–H groups in total. The molecule has 0 fully saturated rings. The maximum Gasteiger partial charge on any atom is 0.265 e. The van der Waals surface area contributed by atoms with Crippen LogP contribution in [0.1, 0.15) is 20.8 Å². The molecule has 2 amide bonds. The van der Waals surface area contributed by atoms with E-state index in [0.717, 1.165) is 0 Å². The average molecular weight is 377 g/mol. The number of thiazole rings is 1. The van der Waals surface area contributed by atoms with Gasteiger partial charge in [-0.05, 0) is 24.3 Å². The number of primary amides is 1. The van der Waals surface area contributed by atoms with Gasteiger partial charge < -0.3 is 15.5 Å². The number of hydrogen-bond acceptors (Lipinski definition) is 5. The van der Waals surface area contributed by atoms with Gasteiger partial charge >= 0.3 is 0 Å². The SMILES string of the molecule is COc1cc(Cl)ccc1C(=O)Nc1nc(-c2c[nH]c(C(N)=O)c2)cs1. The van der Waals surface area contributed by atoms with E-state index in [4.69, 9.17) is 22.1 Å². The summed E-state index contributed by atoms with van der Waals surface area (Å²) < 4.78 is 5.17. The Morgan fingerprint density at radius 2 is 2.16 bits per heavy atom. The number of nitrogens with zero attached hydrogens (tertiary/aromatic N) is 1. The minimum atomic E-state index is -0.551. The maximum atomic E-state index is 12.4. The van der Waals surface area contributed by atoms with Crippen LogP contribution in [0.15, 0.2) is 35.8 Å². The van der Waals surface area contributed by atoms with E-state index in [1.165, 1.54) is 18.4 Å². The number of methoxy groups -OCH3 is 1. The van der Waals surface area contributed by atoms with Crippen LogP contribution in [-0.4, -0.2) is 28.9 Å². The number of amides is 2. The molecule has 0 bridgehead atoms. The molecule has 3 rings (SSSR count). The predicted molar refractivity (Wildman–Crippen MR) is 96.4 cm³/mol. The highest BCUT2D eigenvalue weighted by atomic mass is 35.5. The Hall–Kier alpha value is -2.84. The third-order valence-electron chi connectivity index (χ3n) is 3.38. The minimum Gasteiger partial charge on any atom is -0.496 e. The lowest BCUT2D eigenvalue weighted by atomic mass is 10.2. The lowest BCUT2D eigenvalue weighted by Gasteiger charge is -2.08. The van der Waals surface area contributed by atoms with Gasteiger partial charge in [-0.3, -0.25) is 14.9 Å². The summed E-state index contributed by atoms with van der Waals surface area (Å²) in [5.41, 5.74) is 7.17.